The van der Waals surface area contributed by atoms with Gasteiger partial charge in [0.1, 0.15) is 4.83 Å². The predicted octanol–water partition coefficient (Wildman–Crippen LogP) is 8.41. The van der Waals surface area contributed by atoms with Crippen molar-refractivity contribution in [3.63, 3.8) is 0 Å². The second-order valence-corrected chi connectivity index (χ2v) is 10.8. The van der Waals surface area contributed by atoms with Crippen molar-refractivity contribution in [2.75, 3.05) is 0 Å². The van der Waals surface area contributed by atoms with Gasteiger partial charge < -0.3 is 0 Å². The number of fused-ring (bicyclic) bond motifs is 8. The average molecular weight is 431 g/mol. The lowest BCUT2D eigenvalue weighted by atomic mass is 9.88. The second kappa shape index (κ2) is 6.08. The third-order valence-corrected chi connectivity index (χ3v) is 7.90. The molecule has 0 saturated heterocycles. The fraction of sp³-hybridized carbons (Fsp3) is 0.138. The number of benzene rings is 3. The summed E-state index contributed by atoms with van der Waals surface area (Å²) in [5, 5.41) is 6.73. The van der Waals surface area contributed by atoms with E-state index < -0.39 is 0 Å². The van der Waals surface area contributed by atoms with Crippen molar-refractivity contribution in [1.29, 1.82) is 0 Å². The van der Waals surface area contributed by atoms with Gasteiger partial charge in [-0.25, -0.2) is 0 Å². The fourth-order valence-corrected chi connectivity index (χ4v) is 6.38. The summed E-state index contributed by atoms with van der Waals surface area (Å²) in [7, 11) is 0. The molecular formula is C29H22N2S. The van der Waals surface area contributed by atoms with Gasteiger partial charge in [-0.15, -0.1) is 11.3 Å². The minimum atomic E-state index is 0.113. The fourth-order valence-electron chi connectivity index (χ4n) is 5.10. The minimum Gasteiger partial charge on any atom is -0.299 e. The normalized spacial score (nSPS) is 12.8. The van der Waals surface area contributed by atoms with Gasteiger partial charge in [-0.05, 0) is 29.2 Å². The van der Waals surface area contributed by atoms with Crippen LogP contribution in [0.2, 0.25) is 0 Å². The highest BCUT2D eigenvalue weighted by Gasteiger charge is 2.20. The van der Waals surface area contributed by atoms with Crippen molar-refractivity contribution < 1.29 is 0 Å². The van der Waals surface area contributed by atoms with Crippen LogP contribution in [0.15, 0.2) is 79.0 Å². The van der Waals surface area contributed by atoms with Crippen LogP contribution < -0.4 is 0 Å². The Labute approximate surface area is 190 Å². The molecule has 4 heterocycles. The van der Waals surface area contributed by atoms with E-state index in [-0.39, 0.29) is 5.41 Å². The first-order chi connectivity index (χ1) is 15.5. The number of nitrogens with zero attached hydrogens (tertiary/aromatic N) is 2. The number of pyridine rings is 1. The highest BCUT2D eigenvalue weighted by Crippen LogP contribution is 2.45. The standard InChI is InChI=1S/C29H22N2S/c1-29(2,3)18-12-14-23(30-16-18)17-11-13-21-25(15-17)32-28-26(21)22-9-6-8-20-19-7-4-5-10-24(19)31(28)27(20)22/h4-16H,1-3H3. The Balaban J connectivity index is 1.50. The summed E-state index contributed by atoms with van der Waals surface area (Å²) < 4.78 is 3.78. The predicted molar refractivity (Wildman–Crippen MR) is 138 cm³/mol. The van der Waals surface area contributed by atoms with E-state index in [0.29, 0.717) is 0 Å². The van der Waals surface area contributed by atoms with Gasteiger partial charge in [0.05, 0.1) is 16.7 Å². The van der Waals surface area contributed by atoms with E-state index in [1.807, 2.05) is 17.5 Å². The zero-order chi connectivity index (χ0) is 21.6. The topological polar surface area (TPSA) is 17.3 Å². The number of thiophene rings is 1. The largest absolute Gasteiger partial charge is 0.299 e. The summed E-state index contributed by atoms with van der Waals surface area (Å²) in [4.78, 5) is 6.12. The van der Waals surface area contributed by atoms with Gasteiger partial charge in [0.15, 0.2) is 0 Å². The van der Waals surface area contributed by atoms with Crippen molar-refractivity contribution in [3.05, 3.63) is 84.6 Å². The molecule has 0 aliphatic carbocycles. The van der Waals surface area contributed by atoms with Crippen LogP contribution in [0.25, 0.3) is 58.8 Å². The van der Waals surface area contributed by atoms with Crippen LogP contribution >= 0.6 is 11.3 Å². The molecule has 0 atom stereocenters. The van der Waals surface area contributed by atoms with Gasteiger partial charge in [0.25, 0.3) is 0 Å². The van der Waals surface area contributed by atoms with E-state index >= 15 is 0 Å². The van der Waals surface area contributed by atoms with Crippen LogP contribution in [0.3, 0.4) is 0 Å². The third-order valence-electron chi connectivity index (χ3n) is 6.76. The van der Waals surface area contributed by atoms with Gasteiger partial charge >= 0.3 is 0 Å². The van der Waals surface area contributed by atoms with Crippen LogP contribution in [-0.2, 0) is 5.41 Å². The van der Waals surface area contributed by atoms with Gasteiger partial charge in [0.2, 0.25) is 0 Å². The quantitative estimate of drug-likeness (QED) is 0.255. The van der Waals surface area contributed by atoms with E-state index in [0.717, 1.165) is 5.69 Å². The Bertz CT molecular complexity index is 1790. The Morgan fingerprint density at radius 3 is 2.41 bits per heavy atom. The maximum absolute atomic E-state index is 4.78. The zero-order valence-corrected chi connectivity index (χ0v) is 19.1. The molecule has 0 N–H and O–H groups in total. The number of rotatable bonds is 1. The molecular weight excluding hydrogens is 408 g/mol. The smallest absolute Gasteiger partial charge is 0.109 e. The van der Waals surface area contributed by atoms with Crippen LogP contribution in [0.4, 0.5) is 0 Å². The van der Waals surface area contributed by atoms with Crippen LogP contribution in [-0.4, -0.2) is 9.38 Å². The Kier molecular flexibility index (Phi) is 3.45. The lowest BCUT2D eigenvalue weighted by molar-refractivity contribution is 0.587. The van der Waals surface area contributed by atoms with Crippen molar-refractivity contribution in [3.8, 4) is 11.3 Å². The molecule has 7 rings (SSSR count). The molecule has 0 amide bonds. The first-order valence-corrected chi connectivity index (χ1v) is 11.9. The molecule has 0 radical (unpaired) electrons. The van der Waals surface area contributed by atoms with E-state index in [9.17, 15) is 0 Å². The summed E-state index contributed by atoms with van der Waals surface area (Å²) in [6, 6.07) is 26.7. The molecule has 7 aromatic rings. The average Bonchev–Trinajstić information content (AvgIpc) is 3.43. The van der Waals surface area contributed by atoms with Gasteiger partial charge in [0, 0.05) is 43.4 Å². The Morgan fingerprint density at radius 2 is 1.59 bits per heavy atom. The molecule has 3 heteroatoms. The zero-order valence-electron chi connectivity index (χ0n) is 18.3. The molecule has 0 spiro atoms. The second-order valence-electron chi connectivity index (χ2n) is 9.73. The highest BCUT2D eigenvalue weighted by molar-refractivity contribution is 7.25. The van der Waals surface area contributed by atoms with E-state index in [4.69, 9.17) is 4.98 Å². The molecule has 0 aliphatic heterocycles. The maximum atomic E-state index is 4.78. The van der Waals surface area contributed by atoms with E-state index in [2.05, 4.69) is 98.0 Å². The molecule has 0 unspecified atom stereocenters. The lowest BCUT2D eigenvalue weighted by Gasteiger charge is -2.18. The van der Waals surface area contributed by atoms with Crippen molar-refractivity contribution in [2.45, 2.75) is 26.2 Å². The Morgan fingerprint density at radius 1 is 0.781 bits per heavy atom. The molecule has 154 valence electrons. The summed E-state index contributed by atoms with van der Waals surface area (Å²) in [5.74, 6) is 0. The molecule has 32 heavy (non-hydrogen) atoms. The number of para-hydroxylation sites is 2. The molecule has 0 bridgehead atoms. The molecule has 2 nitrogen and oxygen atoms in total. The summed E-state index contributed by atoms with van der Waals surface area (Å²) >= 11 is 1.89. The van der Waals surface area contributed by atoms with Crippen LogP contribution in [0.1, 0.15) is 26.3 Å². The monoisotopic (exact) mass is 430 g/mol. The van der Waals surface area contributed by atoms with Gasteiger partial charge in [-0.3, -0.25) is 9.38 Å². The molecule has 4 aromatic heterocycles. The first-order valence-electron chi connectivity index (χ1n) is 11.1. The molecule has 0 fully saturated rings. The maximum Gasteiger partial charge on any atom is 0.109 e. The molecule has 0 aliphatic rings. The van der Waals surface area contributed by atoms with Gasteiger partial charge in [-0.1, -0.05) is 75.4 Å². The number of hydrogen-bond acceptors (Lipinski definition) is 2. The van der Waals surface area contributed by atoms with Crippen molar-refractivity contribution in [2.24, 2.45) is 0 Å². The van der Waals surface area contributed by atoms with Crippen molar-refractivity contribution >= 4 is 58.8 Å². The summed E-state index contributed by atoms with van der Waals surface area (Å²) in [6.07, 6.45) is 2.02. The minimum absolute atomic E-state index is 0.113. The third kappa shape index (κ3) is 2.32. The first kappa shape index (κ1) is 18.2. The lowest BCUT2D eigenvalue weighted by Crippen LogP contribution is -2.11. The van der Waals surface area contributed by atoms with Crippen molar-refractivity contribution in [1.82, 2.24) is 9.38 Å². The number of hydrogen-bond donors (Lipinski definition) is 0. The summed E-state index contributed by atoms with van der Waals surface area (Å²) in [5.41, 5.74) is 6.22. The molecule has 3 aromatic carbocycles. The van der Waals surface area contributed by atoms with Crippen LogP contribution in [0.5, 0.6) is 0 Å². The highest BCUT2D eigenvalue weighted by atomic mass is 32.1. The SMILES string of the molecule is CC(C)(C)c1ccc(-c2ccc3c(c2)sc2c3c3cccc4c5ccccc5n2c43)nc1. The Hall–Kier alpha value is -3.43. The van der Waals surface area contributed by atoms with E-state index in [1.54, 1.807) is 0 Å². The van der Waals surface area contributed by atoms with Crippen LogP contribution in [0, 0.1) is 0 Å². The molecule has 0 saturated carbocycles. The summed E-state index contributed by atoms with van der Waals surface area (Å²) in [6.45, 7) is 6.67. The van der Waals surface area contributed by atoms with E-state index in [1.165, 1.54) is 58.6 Å². The van der Waals surface area contributed by atoms with Gasteiger partial charge in [-0.2, -0.15) is 0 Å². The number of aromatic nitrogens is 2.